The van der Waals surface area contributed by atoms with Gasteiger partial charge >= 0.3 is 0 Å². The largest absolute Gasteiger partial charge is 0.378 e. The number of nitrogens with zero attached hydrogens (tertiary/aromatic N) is 2. The van der Waals surface area contributed by atoms with Gasteiger partial charge < -0.3 is 10.2 Å². The van der Waals surface area contributed by atoms with Crippen molar-refractivity contribution in [3.05, 3.63) is 59.7 Å². The van der Waals surface area contributed by atoms with Crippen molar-refractivity contribution in [3.63, 3.8) is 0 Å². The van der Waals surface area contributed by atoms with Crippen molar-refractivity contribution >= 4 is 23.5 Å². The van der Waals surface area contributed by atoms with Gasteiger partial charge in [0.25, 0.3) is 5.91 Å². The standard InChI is InChI=1S/C18H22N4O/c1-14-4-8-16(9-5-14)19-13-18(23)21-20-12-15-6-10-17(11-7-15)22(2)3/h4-12,19H,13H2,1-3H3,(H,21,23). The van der Waals surface area contributed by atoms with E-state index in [0.717, 1.165) is 16.9 Å². The van der Waals surface area contributed by atoms with E-state index in [0.29, 0.717) is 0 Å². The molecule has 0 heterocycles. The molecule has 0 spiro atoms. The third-order valence-electron chi connectivity index (χ3n) is 3.32. The lowest BCUT2D eigenvalue weighted by Gasteiger charge is -2.11. The lowest BCUT2D eigenvalue weighted by Crippen LogP contribution is -2.25. The van der Waals surface area contributed by atoms with Crippen molar-refractivity contribution in [2.75, 3.05) is 30.9 Å². The van der Waals surface area contributed by atoms with E-state index in [4.69, 9.17) is 0 Å². The smallest absolute Gasteiger partial charge is 0.259 e. The molecule has 0 aromatic heterocycles. The van der Waals surface area contributed by atoms with E-state index in [9.17, 15) is 4.79 Å². The van der Waals surface area contributed by atoms with Crippen LogP contribution in [0.4, 0.5) is 11.4 Å². The summed E-state index contributed by atoms with van der Waals surface area (Å²) in [5.74, 6) is -0.188. The predicted molar refractivity (Wildman–Crippen MR) is 96.2 cm³/mol. The molecule has 2 rings (SSSR count). The second-order valence-electron chi connectivity index (χ2n) is 5.50. The summed E-state index contributed by atoms with van der Waals surface area (Å²) in [6, 6.07) is 15.8. The van der Waals surface area contributed by atoms with Gasteiger partial charge in [0, 0.05) is 25.5 Å². The molecule has 0 radical (unpaired) electrons. The number of carbonyl (C=O) groups is 1. The maximum atomic E-state index is 11.7. The molecule has 0 saturated carbocycles. The molecule has 0 fully saturated rings. The summed E-state index contributed by atoms with van der Waals surface area (Å²) >= 11 is 0. The summed E-state index contributed by atoms with van der Waals surface area (Å²) in [4.78, 5) is 13.8. The molecule has 0 saturated heterocycles. The van der Waals surface area contributed by atoms with Gasteiger partial charge in [0.2, 0.25) is 0 Å². The molecular weight excluding hydrogens is 288 g/mol. The molecule has 5 heteroatoms. The highest BCUT2D eigenvalue weighted by molar-refractivity contribution is 5.84. The second-order valence-corrected chi connectivity index (χ2v) is 5.50. The summed E-state index contributed by atoms with van der Waals surface area (Å²) in [7, 11) is 3.98. The zero-order chi connectivity index (χ0) is 16.7. The van der Waals surface area contributed by atoms with Crippen LogP contribution in [0, 0.1) is 6.92 Å². The number of carbonyl (C=O) groups excluding carboxylic acids is 1. The Labute approximate surface area is 137 Å². The summed E-state index contributed by atoms with van der Waals surface area (Å²) in [5.41, 5.74) is 6.66. The molecule has 0 aliphatic carbocycles. The topological polar surface area (TPSA) is 56.7 Å². The predicted octanol–water partition coefficient (Wildman–Crippen LogP) is 2.62. The average Bonchev–Trinajstić information content (AvgIpc) is 2.55. The Kier molecular flexibility index (Phi) is 5.74. The number of aryl methyl sites for hydroxylation is 1. The average molecular weight is 310 g/mol. The van der Waals surface area contributed by atoms with Crippen LogP contribution in [0.25, 0.3) is 0 Å². The first-order valence-electron chi connectivity index (χ1n) is 7.44. The van der Waals surface area contributed by atoms with E-state index in [2.05, 4.69) is 15.8 Å². The Morgan fingerprint density at radius 3 is 2.35 bits per heavy atom. The van der Waals surface area contributed by atoms with Crippen LogP contribution < -0.4 is 15.6 Å². The van der Waals surface area contributed by atoms with Crippen LogP contribution in [0.1, 0.15) is 11.1 Å². The van der Waals surface area contributed by atoms with Crippen LogP contribution in [0.5, 0.6) is 0 Å². The minimum atomic E-state index is -0.188. The molecule has 5 nitrogen and oxygen atoms in total. The fourth-order valence-electron chi connectivity index (χ4n) is 1.93. The molecule has 0 bridgehead atoms. The van der Waals surface area contributed by atoms with Crippen molar-refractivity contribution in [1.82, 2.24) is 5.43 Å². The van der Waals surface area contributed by atoms with E-state index in [-0.39, 0.29) is 12.5 Å². The summed E-state index contributed by atoms with van der Waals surface area (Å²) in [6.45, 7) is 2.20. The highest BCUT2D eigenvalue weighted by Crippen LogP contribution is 2.11. The second kappa shape index (κ2) is 7.98. The lowest BCUT2D eigenvalue weighted by molar-refractivity contribution is -0.119. The number of nitrogens with one attached hydrogen (secondary N) is 2. The molecule has 0 aliphatic heterocycles. The van der Waals surface area contributed by atoms with Gasteiger partial charge in [-0.2, -0.15) is 5.10 Å². The molecule has 0 atom stereocenters. The molecule has 0 unspecified atom stereocenters. The zero-order valence-electron chi connectivity index (χ0n) is 13.7. The fraction of sp³-hybridized carbons (Fsp3) is 0.222. The van der Waals surface area contributed by atoms with E-state index >= 15 is 0 Å². The molecule has 2 N–H and O–H groups in total. The van der Waals surface area contributed by atoms with Crippen molar-refractivity contribution in [2.24, 2.45) is 5.10 Å². The van der Waals surface area contributed by atoms with Crippen molar-refractivity contribution in [1.29, 1.82) is 0 Å². The van der Waals surface area contributed by atoms with Gasteiger partial charge in [0.1, 0.15) is 0 Å². The minimum Gasteiger partial charge on any atom is -0.378 e. The van der Waals surface area contributed by atoms with Crippen molar-refractivity contribution in [3.8, 4) is 0 Å². The quantitative estimate of drug-likeness (QED) is 0.637. The van der Waals surface area contributed by atoms with Crippen LogP contribution in [0.2, 0.25) is 0 Å². The molecule has 2 aromatic carbocycles. The normalized spacial score (nSPS) is 10.6. The maximum Gasteiger partial charge on any atom is 0.259 e. The van der Waals surface area contributed by atoms with E-state index in [1.54, 1.807) is 6.21 Å². The van der Waals surface area contributed by atoms with Crippen LogP contribution >= 0.6 is 0 Å². The molecule has 23 heavy (non-hydrogen) atoms. The number of rotatable bonds is 6. The highest BCUT2D eigenvalue weighted by Gasteiger charge is 1.99. The van der Waals surface area contributed by atoms with Gasteiger partial charge in [0.15, 0.2) is 0 Å². The molecule has 1 amide bonds. The highest BCUT2D eigenvalue weighted by atomic mass is 16.2. The Balaban J connectivity index is 1.78. The van der Waals surface area contributed by atoms with Gasteiger partial charge in [-0.25, -0.2) is 5.43 Å². The van der Waals surface area contributed by atoms with Crippen molar-refractivity contribution < 1.29 is 4.79 Å². The number of amides is 1. The van der Waals surface area contributed by atoms with E-state index < -0.39 is 0 Å². The number of benzene rings is 2. The number of hydrazone groups is 1. The first-order chi connectivity index (χ1) is 11.0. The Morgan fingerprint density at radius 1 is 1.09 bits per heavy atom. The van der Waals surface area contributed by atoms with Crippen molar-refractivity contribution in [2.45, 2.75) is 6.92 Å². The van der Waals surface area contributed by atoms with Gasteiger partial charge in [-0.05, 0) is 36.8 Å². The van der Waals surface area contributed by atoms with Gasteiger partial charge in [0.05, 0.1) is 12.8 Å². The first kappa shape index (κ1) is 16.5. The lowest BCUT2D eigenvalue weighted by atomic mass is 10.2. The van der Waals surface area contributed by atoms with Crippen LogP contribution in [-0.4, -0.2) is 32.8 Å². The number of hydrogen-bond donors (Lipinski definition) is 2. The number of hydrogen-bond acceptors (Lipinski definition) is 4. The Morgan fingerprint density at radius 2 is 1.74 bits per heavy atom. The zero-order valence-corrected chi connectivity index (χ0v) is 13.7. The molecular formula is C18H22N4O. The van der Waals surface area contributed by atoms with Gasteiger partial charge in [-0.1, -0.05) is 29.8 Å². The first-order valence-corrected chi connectivity index (χ1v) is 7.44. The summed E-state index contributed by atoms with van der Waals surface area (Å²) < 4.78 is 0. The Hall–Kier alpha value is -2.82. The third kappa shape index (κ3) is 5.47. The van der Waals surface area contributed by atoms with Crippen LogP contribution in [0.3, 0.4) is 0 Å². The Bertz CT molecular complexity index is 660. The van der Waals surface area contributed by atoms with E-state index in [1.807, 2.05) is 74.4 Å². The molecule has 120 valence electrons. The molecule has 0 aliphatic rings. The summed E-state index contributed by atoms with van der Waals surface area (Å²) in [6.07, 6.45) is 1.63. The minimum absolute atomic E-state index is 0.181. The van der Waals surface area contributed by atoms with Gasteiger partial charge in [-0.3, -0.25) is 4.79 Å². The maximum absolute atomic E-state index is 11.7. The van der Waals surface area contributed by atoms with Gasteiger partial charge in [-0.15, -0.1) is 0 Å². The van der Waals surface area contributed by atoms with Crippen LogP contribution in [0.15, 0.2) is 53.6 Å². The summed E-state index contributed by atoms with van der Waals surface area (Å²) in [5, 5.41) is 7.01. The monoisotopic (exact) mass is 310 g/mol. The van der Waals surface area contributed by atoms with E-state index in [1.165, 1.54) is 5.56 Å². The SMILES string of the molecule is Cc1ccc(NCC(=O)NN=Cc2ccc(N(C)C)cc2)cc1. The fourth-order valence-corrected chi connectivity index (χ4v) is 1.93. The van der Waals surface area contributed by atoms with Crippen LogP contribution in [-0.2, 0) is 4.79 Å². The third-order valence-corrected chi connectivity index (χ3v) is 3.32. The molecule has 2 aromatic rings. The number of anilines is 2.